The zero-order chi connectivity index (χ0) is 20.8. The monoisotopic (exact) mass is 438 g/mol. The van der Waals surface area contributed by atoms with Crippen LogP contribution in [0, 0.1) is 11.7 Å². The van der Waals surface area contributed by atoms with Gasteiger partial charge in [-0.1, -0.05) is 36.4 Å². The number of hydrogen-bond donors (Lipinski definition) is 2. The second-order valence-corrected chi connectivity index (χ2v) is 7.24. The molecule has 2 amide bonds. The van der Waals surface area contributed by atoms with Crippen molar-refractivity contribution in [1.29, 1.82) is 0 Å². The first-order chi connectivity index (χ1) is 13.9. The number of carbonyl (C=O) groups is 2. The third-order valence-corrected chi connectivity index (χ3v) is 5.14. The average molecular weight is 439 g/mol. The molecule has 1 aliphatic rings. The Labute approximate surface area is 218 Å². The predicted octanol–water partition coefficient (Wildman–Crippen LogP) is -0.598. The van der Waals surface area contributed by atoms with E-state index in [1.807, 2.05) is 31.2 Å². The number of halogens is 1. The number of benzene rings is 2. The molecule has 3 atom stereocenters. The van der Waals surface area contributed by atoms with E-state index in [9.17, 15) is 19.1 Å². The number of ether oxygens (including phenoxy) is 1. The molecule has 3 rings (SSSR count). The molecule has 2 aromatic carbocycles. The summed E-state index contributed by atoms with van der Waals surface area (Å²) in [5, 5.41) is 16.7. The molecular formula is C22H24FKN2O4. The van der Waals surface area contributed by atoms with Gasteiger partial charge in [-0.25, -0.2) is 9.18 Å². The van der Waals surface area contributed by atoms with E-state index in [-0.39, 0.29) is 69.2 Å². The molecule has 1 fully saturated rings. The van der Waals surface area contributed by atoms with Gasteiger partial charge in [0.15, 0.2) is 0 Å². The molecule has 154 valence electrons. The van der Waals surface area contributed by atoms with Crippen LogP contribution in [-0.4, -0.2) is 31.3 Å². The van der Waals surface area contributed by atoms with Gasteiger partial charge in [-0.2, -0.15) is 0 Å². The summed E-state index contributed by atoms with van der Waals surface area (Å²) >= 11 is 0. The van der Waals surface area contributed by atoms with E-state index in [2.05, 4.69) is 10.6 Å². The molecule has 0 bridgehead atoms. The van der Waals surface area contributed by atoms with Crippen LogP contribution in [0.2, 0.25) is 0 Å². The van der Waals surface area contributed by atoms with Crippen molar-refractivity contribution in [2.24, 2.45) is 5.92 Å². The molecule has 30 heavy (non-hydrogen) atoms. The van der Waals surface area contributed by atoms with E-state index < -0.39 is 18.0 Å². The molecule has 0 radical (unpaired) electrons. The maximum absolute atomic E-state index is 13.1. The van der Waals surface area contributed by atoms with E-state index >= 15 is 0 Å². The van der Waals surface area contributed by atoms with Crippen LogP contribution >= 0.6 is 0 Å². The van der Waals surface area contributed by atoms with Crippen LogP contribution < -0.4 is 67.1 Å². The smallest absolute Gasteiger partial charge is 0.548 e. The van der Waals surface area contributed by atoms with Gasteiger partial charge in [0.05, 0.1) is 24.7 Å². The first kappa shape index (κ1) is 25.0. The van der Waals surface area contributed by atoms with Crippen LogP contribution in [0.25, 0.3) is 11.1 Å². The van der Waals surface area contributed by atoms with E-state index in [1.54, 1.807) is 12.1 Å². The number of aliphatic carboxylic acids is 1. The molecule has 0 aromatic heterocycles. The number of carboxylic acid groups (broad SMARTS) is 1. The number of urea groups is 1. The van der Waals surface area contributed by atoms with E-state index in [0.717, 1.165) is 23.1 Å². The zero-order valence-electron chi connectivity index (χ0n) is 17.2. The van der Waals surface area contributed by atoms with Gasteiger partial charge >= 0.3 is 57.4 Å². The largest absolute Gasteiger partial charge is 1.00 e. The van der Waals surface area contributed by atoms with Crippen molar-refractivity contribution in [1.82, 2.24) is 10.6 Å². The van der Waals surface area contributed by atoms with Gasteiger partial charge in [0.1, 0.15) is 5.82 Å². The molecule has 2 aromatic rings. The van der Waals surface area contributed by atoms with Crippen LogP contribution in [-0.2, 0) is 9.53 Å². The van der Waals surface area contributed by atoms with Crippen molar-refractivity contribution in [3.8, 4) is 11.1 Å². The third kappa shape index (κ3) is 6.86. The Bertz CT molecular complexity index is 839. The van der Waals surface area contributed by atoms with Crippen LogP contribution in [0.15, 0.2) is 48.5 Å². The Balaban J connectivity index is 0.00000320. The molecule has 8 heteroatoms. The van der Waals surface area contributed by atoms with Crippen molar-refractivity contribution in [2.45, 2.75) is 31.8 Å². The number of carboxylic acids is 1. The average Bonchev–Trinajstić information content (AvgIpc) is 2.73. The van der Waals surface area contributed by atoms with Crippen LogP contribution in [0.5, 0.6) is 0 Å². The predicted molar refractivity (Wildman–Crippen MR) is 104 cm³/mol. The fourth-order valence-corrected chi connectivity index (χ4v) is 3.47. The van der Waals surface area contributed by atoms with Gasteiger partial charge in [-0.3, -0.25) is 0 Å². The molecule has 0 aliphatic carbocycles. The van der Waals surface area contributed by atoms with Gasteiger partial charge in [0.2, 0.25) is 0 Å². The van der Waals surface area contributed by atoms with Crippen LogP contribution in [0.1, 0.15) is 31.4 Å². The summed E-state index contributed by atoms with van der Waals surface area (Å²) in [5.41, 5.74) is 2.68. The van der Waals surface area contributed by atoms with Gasteiger partial charge in [-0.05, 0) is 48.6 Å². The topological polar surface area (TPSA) is 90.5 Å². The summed E-state index contributed by atoms with van der Waals surface area (Å²) < 4.78 is 18.4. The second-order valence-electron chi connectivity index (χ2n) is 7.24. The minimum absolute atomic E-state index is 0. The first-order valence-corrected chi connectivity index (χ1v) is 9.65. The minimum atomic E-state index is -1.31. The number of carbonyl (C=O) groups excluding carboxylic acids is 2. The zero-order valence-corrected chi connectivity index (χ0v) is 20.3. The number of amides is 2. The normalized spacial score (nSPS) is 17.9. The summed E-state index contributed by atoms with van der Waals surface area (Å²) in [6, 6.07) is 11.7. The SMILES string of the molecule is CC(NC(=O)NC(C(=O)[O-])C1CCCOC1)c1ccc(-c2ccc(F)cc2)cc1.[K+]. The van der Waals surface area contributed by atoms with E-state index in [0.29, 0.717) is 19.6 Å². The fourth-order valence-electron chi connectivity index (χ4n) is 3.47. The Hall–Kier alpha value is -1.29. The maximum atomic E-state index is 13.1. The van der Waals surface area contributed by atoms with Crippen molar-refractivity contribution in [2.75, 3.05) is 13.2 Å². The minimum Gasteiger partial charge on any atom is -0.548 e. The van der Waals surface area contributed by atoms with E-state index in [4.69, 9.17) is 4.74 Å². The summed E-state index contributed by atoms with van der Waals surface area (Å²) in [7, 11) is 0. The Morgan fingerprint density at radius 2 is 1.67 bits per heavy atom. The summed E-state index contributed by atoms with van der Waals surface area (Å²) in [6.07, 6.45) is 1.42. The number of rotatable bonds is 6. The third-order valence-electron chi connectivity index (χ3n) is 5.14. The standard InChI is InChI=1S/C22H25FN2O4.K/c1-14(15-4-6-16(7-5-15)17-8-10-19(23)11-9-17)24-22(28)25-20(21(26)27)18-3-2-12-29-13-18;/h4-11,14,18,20H,2-3,12-13H2,1H3,(H,26,27)(H2,24,25,28);/q;+1/p-1. The Morgan fingerprint density at radius 3 is 2.20 bits per heavy atom. The molecule has 6 nitrogen and oxygen atoms in total. The molecular weight excluding hydrogens is 414 g/mol. The summed E-state index contributed by atoms with van der Waals surface area (Å²) in [5.74, 6) is -1.90. The molecule has 1 aliphatic heterocycles. The Morgan fingerprint density at radius 1 is 1.07 bits per heavy atom. The van der Waals surface area contributed by atoms with Gasteiger partial charge in [0.25, 0.3) is 0 Å². The van der Waals surface area contributed by atoms with Crippen molar-refractivity contribution < 1.29 is 75.2 Å². The van der Waals surface area contributed by atoms with E-state index in [1.165, 1.54) is 12.1 Å². The first-order valence-electron chi connectivity index (χ1n) is 9.65. The van der Waals surface area contributed by atoms with Gasteiger partial charge in [-0.15, -0.1) is 0 Å². The van der Waals surface area contributed by atoms with Crippen molar-refractivity contribution >= 4 is 12.0 Å². The summed E-state index contributed by atoms with van der Waals surface area (Å²) in [4.78, 5) is 23.8. The van der Waals surface area contributed by atoms with Gasteiger partial charge in [0, 0.05) is 12.5 Å². The van der Waals surface area contributed by atoms with Gasteiger partial charge < -0.3 is 25.3 Å². The Kier molecular flexibility index (Phi) is 9.93. The quantitative estimate of drug-likeness (QED) is 0.590. The number of hydrogen-bond acceptors (Lipinski definition) is 4. The molecule has 3 unspecified atom stereocenters. The maximum Gasteiger partial charge on any atom is 1.00 e. The second kappa shape index (κ2) is 11.9. The van der Waals surface area contributed by atoms with Crippen LogP contribution in [0.3, 0.4) is 0 Å². The van der Waals surface area contributed by atoms with Crippen molar-refractivity contribution in [3.05, 3.63) is 59.9 Å². The molecule has 1 heterocycles. The molecule has 2 N–H and O–H groups in total. The summed E-state index contributed by atoms with van der Waals surface area (Å²) in [6.45, 7) is 2.71. The molecule has 1 saturated heterocycles. The van der Waals surface area contributed by atoms with Crippen molar-refractivity contribution in [3.63, 3.8) is 0 Å². The fraction of sp³-hybridized carbons (Fsp3) is 0.364. The van der Waals surface area contributed by atoms with Crippen LogP contribution in [0.4, 0.5) is 9.18 Å². The number of nitrogens with one attached hydrogen (secondary N) is 2. The molecule has 0 saturated carbocycles. The molecule has 0 spiro atoms.